The fourth-order valence-corrected chi connectivity index (χ4v) is 2.18. The number of aliphatic carboxylic acids is 1. The van der Waals surface area contributed by atoms with Crippen molar-refractivity contribution >= 4 is 23.7 Å². The van der Waals surface area contributed by atoms with E-state index in [0.717, 1.165) is 0 Å². The maximum atomic E-state index is 12.5. The van der Waals surface area contributed by atoms with Gasteiger partial charge in [-0.25, -0.2) is 0 Å². The van der Waals surface area contributed by atoms with Gasteiger partial charge in [0, 0.05) is 0 Å². The average molecular weight is 405 g/mol. The van der Waals surface area contributed by atoms with Crippen LogP contribution in [0.5, 0.6) is 0 Å². The Balaban J connectivity index is 5.15. The number of amides is 3. The first-order valence-electron chi connectivity index (χ1n) is 8.93. The normalized spacial score (nSPS) is 16.2. The van der Waals surface area contributed by atoms with Crippen molar-refractivity contribution in [2.75, 3.05) is 13.1 Å². The van der Waals surface area contributed by atoms with Gasteiger partial charge in [-0.3, -0.25) is 19.2 Å². The monoisotopic (exact) mass is 405 g/mol. The molecule has 0 spiro atoms. The molecule has 0 rings (SSSR count). The van der Waals surface area contributed by atoms with Crippen molar-refractivity contribution < 1.29 is 34.5 Å². The highest BCUT2D eigenvalue weighted by Gasteiger charge is 2.31. The number of carboxylic acid groups (broad SMARTS) is 1. The maximum Gasteiger partial charge on any atom is 0.322 e. The van der Waals surface area contributed by atoms with Crippen molar-refractivity contribution in [3.05, 3.63) is 0 Å². The molecule has 0 aliphatic carbocycles. The molecule has 0 aliphatic rings. The third-order valence-corrected chi connectivity index (χ3v) is 3.88. The lowest BCUT2D eigenvalue weighted by Gasteiger charge is -2.26. The molecule has 28 heavy (non-hydrogen) atoms. The Kier molecular flexibility index (Phi) is 11.9. The highest BCUT2D eigenvalue weighted by molar-refractivity contribution is 5.94. The van der Waals surface area contributed by atoms with Crippen molar-refractivity contribution in [2.45, 2.75) is 63.4 Å². The topological polar surface area (TPSA) is 217 Å². The second kappa shape index (κ2) is 13.0. The molecule has 12 heteroatoms. The molecule has 0 aromatic rings. The Hall–Kier alpha value is -2.28. The molecule has 0 radical (unpaired) electrons. The summed E-state index contributed by atoms with van der Waals surface area (Å²) in [6.45, 7) is 2.30. The second-order valence-electron chi connectivity index (χ2n) is 6.45. The van der Waals surface area contributed by atoms with Crippen molar-refractivity contribution in [3.63, 3.8) is 0 Å². The zero-order valence-electron chi connectivity index (χ0n) is 16.1. The first-order valence-corrected chi connectivity index (χ1v) is 8.93. The van der Waals surface area contributed by atoms with Crippen LogP contribution in [0.25, 0.3) is 0 Å². The third kappa shape index (κ3) is 9.60. The largest absolute Gasteiger partial charge is 0.480 e. The van der Waals surface area contributed by atoms with E-state index in [9.17, 15) is 29.4 Å². The Morgan fingerprint density at radius 1 is 0.929 bits per heavy atom. The van der Waals surface area contributed by atoms with E-state index in [4.69, 9.17) is 16.6 Å². The number of hydrogen-bond acceptors (Lipinski definition) is 8. The minimum absolute atomic E-state index is 0.183. The van der Waals surface area contributed by atoms with Crippen LogP contribution >= 0.6 is 0 Å². The van der Waals surface area contributed by atoms with Crippen molar-refractivity contribution in [1.29, 1.82) is 0 Å². The maximum absolute atomic E-state index is 12.5. The Labute approximate surface area is 163 Å². The summed E-state index contributed by atoms with van der Waals surface area (Å²) in [4.78, 5) is 47.2. The number of rotatable bonds is 13. The zero-order chi connectivity index (χ0) is 21.9. The number of carboxylic acids is 1. The highest BCUT2D eigenvalue weighted by Crippen LogP contribution is 2.04. The molecule has 162 valence electrons. The van der Waals surface area contributed by atoms with Crippen LogP contribution in [0.2, 0.25) is 0 Å². The quantitative estimate of drug-likeness (QED) is 0.142. The molecule has 10 N–H and O–H groups in total. The smallest absolute Gasteiger partial charge is 0.322 e. The molecular formula is C16H31N5O7. The number of carbonyl (C=O) groups is 4. The molecule has 5 atom stereocenters. The number of carbonyl (C=O) groups excluding carboxylic acids is 3. The molecule has 12 nitrogen and oxygen atoms in total. The van der Waals surface area contributed by atoms with E-state index in [1.165, 1.54) is 13.8 Å². The molecule has 0 aromatic heterocycles. The van der Waals surface area contributed by atoms with Crippen molar-refractivity contribution in [3.8, 4) is 0 Å². The number of nitrogens with one attached hydrogen (secondary N) is 3. The summed E-state index contributed by atoms with van der Waals surface area (Å²) in [7, 11) is 0. The fraction of sp³-hybridized carbons (Fsp3) is 0.750. The van der Waals surface area contributed by atoms with Crippen LogP contribution in [-0.2, 0) is 19.2 Å². The van der Waals surface area contributed by atoms with E-state index in [-0.39, 0.29) is 6.42 Å². The molecule has 0 aliphatic heterocycles. The molecule has 0 heterocycles. The van der Waals surface area contributed by atoms with Gasteiger partial charge in [-0.1, -0.05) is 0 Å². The van der Waals surface area contributed by atoms with Crippen LogP contribution in [0, 0.1) is 0 Å². The van der Waals surface area contributed by atoms with Crippen LogP contribution in [0.1, 0.15) is 33.1 Å². The van der Waals surface area contributed by atoms with Gasteiger partial charge in [0.1, 0.15) is 24.7 Å². The predicted octanol–water partition coefficient (Wildman–Crippen LogP) is -3.63. The lowest BCUT2D eigenvalue weighted by Crippen LogP contribution is -2.60. The van der Waals surface area contributed by atoms with Gasteiger partial charge in [0.05, 0.1) is 12.2 Å². The van der Waals surface area contributed by atoms with Crippen LogP contribution in [0.15, 0.2) is 0 Å². The van der Waals surface area contributed by atoms with Crippen molar-refractivity contribution in [2.24, 2.45) is 11.5 Å². The summed E-state index contributed by atoms with van der Waals surface area (Å²) >= 11 is 0. The zero-order valence-corrected chi connectivity index (χ0v) is 16.1. The lowest BCUT2D eigenvalue weighted by molar-refractivity contribution is -0.139. The summed E-state index contributed by atoms with van der Waals surface area (Å²) in [5.74, 6) is -3.68. The van der Waals surface area contributed by atoms with E-state index >= 15 is 0 Å². The molecule has 0 saturated carbocycles. The van der Waals surface area contributed by atoms with E-state index in [1.807, 2.05) is 0 Å². The SMILES string of the molecule is CC(O)C(N)C(=O)NC(C(=O)NC(CCCCN)C(=O)NCC(=O)O)C(C)O. The second-order valence-corrected chi connectivity index (χ2v) is 6.45. The van der Waals surface area contributed by atoms with Gasteiger partial charge >= 0.3 is 5.97 Å². The van der Waals surface area contributed by atoms with Gasteiger partial charge in [0.15, 0.2) is 0 Å². The number of hydrogen-bond donors (Lipinski definition) is 8. The Bertz CT molecular complexity index is 541. The van der Waals surface area contributed by atoms with Gasteiger partial charge in [0.2, 0.25) is 17.7 Å². The van der Waals surface area contributed by atoms with E-state index in [1.54, 1.807) is 0 Å². The minimum atomic E-state index is -1.43. The molecule has 5 unspecified atom stereocenters. The highest BCUT2D eigenvalue weighted by atomic mass is 16.4. The summed E-state index contributed by atoms with van der Waals surface area (Å²) in [5, 5.41) is 34.6. The lowest BCUT2D eigenvalue weighted by atomic mass is 10.1. The van der Waals surface area contributed by atoms with Crippen LogP contribution < -0.4 is 27.4 Å². The van der Waals surface area contributed by atoms with Crippen LogP contribution in [0.3, 0.4) is 0 Å². The molecule has 3 amide bonds. The Morgan fingerprint density at radius 3 is 2.00 bits per heavy atom. The van der Waals surface area contributed by atoms with Gasteiger partial charge in [0.25, 0.3) is 0 Å². The standard InChI is InChI=1S/C16H31N5O7/c1-8(22)12(18)15(27)21-13(9(2)23)16(28)20-10(5-3-4-6-17)14(26)19-7-11(24)25/h8-10,12-13,22-23H,3-7,17-18H2,1-2H3,(H,19,26)(H,20,28)(H,21,27)(H,24,25). The number of unbranched alkanes of at least 4 members (excludes halogenated alkanes) is 1. The summed E-state index contributed by atoms with van der Waals surface area (Å²) in [6, 6.07) is -3.82. The van der Waals surface area contributed by atoms with Crippen molar-refractivity contribution in [1.82, 2.24) is 16.0 Å². The van der Waals surface area contributed by atoms with Gasteiger partial charge < -0.3 is 42.7 Å². The molecule has 0 bridgehead atoms. The first kappa shape index (κ1) is 25.7. The van der Waals surface area contributed by atoms with E-state index < -0.39 is 60.6 Å². The molecule has 0 fully saturated rings. The first-order chi connectivity index (χ1) is 13.0. The van der Waals surface area contributed by atoms with E-state index in [0.29, 0.717) is 19.4 Å². The number of aliphatic hydroxyl groups excluding tert-OH is 2. The molecular weight excluding hydrogens is 374 g/mol. The number of nitrogens with two attached hydrogens (primary N) is 2. The molecule has 0 aromatic carbocycles. The van der Waals surface area contributed by atoms with Crippen LogP contribution in [0.4, 0.5) is 0 Å². The minimum Gasteiger partial charge on any atom is -0.480 e. The third-order valence-electron chi connectivity index (χ3n) is 3.88. The Morgan fingerprint density at radius 2 is 1.54 bits per heavy atom. The van der Waals surface area contributed by atoms with Gasteiger partial charge in [-0.05, 0) is 39.7 Å². The average Bonchev–Trinajstić information content (AvgIpc) is 2.61. The number of aliphatic hydroxyl groups is 2. The van der Waals surface area contributed by atoms with Gasteiger partial charge in [-0.2, -0.15) is 0 Å². The summed E-state index contributed by atoms with van der Waals surface area (Å²) in [6.07, 6.45) is -1.25. The van der Waals surface area contributed by atoms with Gasteiger partial charge in [-0.15, -0.1) is 0 Å². The van der Waals surface area contributed by atoms with Crippen LogP contribution in [-0.4, -0.2) is 82.4 Å². The summed E-state index contributed by atoms with van der Waals surface area (Å²) < 4.78 is 0. The predicted molar refractivity (Wildman–Crippen MR) is 98.7 cm³/mol. The molecule has 0 saturated heterocycles. The summed E-state index contributed by atoms with van der Waals surface area (Å²) in [5.41, 5.74) is 10.9. The fourth-order valence-electron chi connectivity index (χ4n) is 2.18. The van der Waals surface area contributed by atoms with E-state index in [2.05, 4.69) is 16.0 Å².